The highest BCUT2D eigenvalue weighted by atomic mass is 32.1. The zero-order valence-corrected chi connectivity index (χ0v) is 20.0. The Morgan fingerprint density at radius 3 is 2.61 bits per heavy atom. The van der Waals surface area contributed by atoms with E-state index in [2.05, 4.69) is 18.8 Å². The lowest BCUT2D eigenvalue weighted by molar-refractivity contribution is -0.138. The lowest BCUT2D eigenvalue weighted by Gasteiger charge is -2.44. The fourth-order valence-corrected chi connectivity index (χ4v) is 5.30. The summed E-state index contributed by atoms with van der Waals surface area (Å²) in [6, 6.07) is 1.70. The molecule has 170 valence electrons. The van der Waals surface area contributed by atoms with E-state index in [1.807, 2.05) is 26.8 Å². The van der Waals surface area contributed by atoms with Crippen LogP contribution in [-0.4, -0.2) is 35.7 Å². The number of hydrogen-bond donors (Lipinski definition) is 1. The van der Waals surface area contributed by atoms with Gasteiger partial charge in [-0.3, -0.25) is 4.79 Å². The summed E-state index contributed by atoms with van der Waals surface area (Å²) in [6.07, 6.45) is 7.72. The number of amides is 1. The number of carboxylic acids is 1. The first-order valence-corrected chi connectivity index (χ1v) is 12.4. The van der Waals surface area contributed by atoms with Crippen LogP contribution in [0.5, 0.6) is 0 Å². The van der Waals surface area contributed by atoms with Gasteiger partial charge in [-0.25, -0.2) is 4.79 Å². The van der Waals surface area contributed by atoms with Crippen LogP contribution in [0.3, 0.4) is 0 Å². The monoisotopic (exact) mass is 445 g/mol. The van der Waals surface area contributed by atoms with Crippen LogP contribution in [0, 0.1) is 23.2 Å². The maximum absolute atomic E-state index is 13.6. The smallest absolute Gasteiger partial charge is 0.348 e. The molecule has 31 heavy (non-hydrogen) atoms. The maximum atomic E-state index is 13.6. The summed E-state index contributed by atoms with van der Waals surface area (Å²) in [7, 11) is 0. The highest BCUT2D eigenvalue weighted by molar-refractivity contribution is 7.15. The molecule has 2 heterocycles. The quantitative estimate of drug-likeness (QED) is 0.569. The highest BCUT2D eigenvalue weighted by Gasteiger charge is 2.42. The lowest BCUT2D eigenvalue weighted by atomic mass is 9.82. The number of unbranched alkanes of at least 4 members (excludes halogenated alkanes) is 1. The van der Waals surface area contributed by atoms with E-state index < -0.39 is 12.1 Å². The molecule has 0 radical (unpaired) electrons. The first kappa shape index (κ1) is 23.8. The van der Waals surface area contributed by atoms with Crippen molar-refractivity contribution in [3.05, 3.63) is 15.8 Å². The van der Waals surface area contributed by atoms with E-state index >= 15 is 0 Å². The Hall–Kier alpha value is -1.84. The molecule has 2 fully saturated rings. The summed E-state index contributed by atoms with van der Waals surface area (Å²) in [5.74, 6) is 5.56. The molecule has 0 spiro atoms. The van der Waals surface area contributed by atoms with E-state index in [9.17, 15) is 14.7 Å². The van der Waals surface area contributed by atoms with Crippen molar-refractivity contribution in [2.45, 2.75) is 91.2 Å². The molecule has 1 unspecified atom stereocenters. The number of thiophene rings is 1. The predicted octanol–water partition coefficient (Wildman–Crippen LogP) is 5.71. The molecule has 3 rings (SSSR count). The number of ether oxygens (including phenoxy) is 1. The minimum absolute atomic E-state index is 0.0918. The zero-order chi connectivity index (χ0) is 22.6. The number of carboxylic acid groups (broad SMARTS) is 1. The van der Waals surface area contributed by atoms with Gasteiger partial charge >= 0.3 is 5.97 Å². The Balaban J connectivity index is 2.01. The summed E-state index contributed by atoms with van der Waals surface area (Å²) in [5.41, 5.74) is 0.319. The van der Waals surface area contributed by atoms with Gasteiger partial charge in [0.2, 0.25) is 0 Å². The van der Waals surface area contributed by atoms with Crippen LogP contribution in [0.4, 0.5) is 5.69 Å². The van der Waals surface area contributed by atoms with Crippen LogP contribution in [0.15, 0.2) is 6.07 Å². The molecule has 1 aromatic heterocycles. The minimum Gasteiger partial charge on any atom is -0.477 e. The third kappa shape index (κ3) is 5.90. The van der Waals surface area contributed by atoms with Crippen LogP contribution < -0.4 is 4.90 Å². The highest BCUT2D eigenvalue weighted by Crippen LogP contribution is 2.39. The average molecular weight is 446 g/mol. The van der Waals surface area contributed by atoms with Crippen LogP contribution in [0.1, 0.15) is 93.6 Å². The van der Waals surface area contributed by atoms with E-state index in [1.165, 1.54) is 6.42 Å². The van der Waals surface area contributed by atoms with Crippen LogP contribution in [0.2, 0.25) is 0 Å². The molecule has 1 aliphatic heterocycles. The Bertz CT molecular complexity index is 851. The van der Waals surface area contributed by atoms with Gasteiger partial charge < -0.3 is 14.7 Å². The van der Waals surface area contributed by atoms with Crippen molar-refractivity contribution < 1.29 is 19.4 Å². The number of morpholine rings is 1. The third-order valence-corrected chi connectivity index (χ3v) is 7.08. The fourth-order valence-electron chi connectivity index (χ4n) is 4.46. The molecular weight excluding hydrogens is 410 g/mol. The Labute approximate surface area is 190 Å². The summed E-state index contributed by atoms with van der Waals surface area (Å²) in [5, 5.41) is 9.92. The van der Waals surface area contributed by atoms with Gasteiger partial charge in [-0.2, -0.15) is 0 Å². The number of carbonyl (C=O) groups excluding carboxylic acids is 1. The molecule has 0 bridgehead atoms. The molecule has 1 N–H and O–H groups in total. The van der Waals surface area contributed by atoms with Crippen molar-refractivity contribution in [1.82, 2.24) is 0 Å². The summed E-state index contributed by atoms with van der Waals surface area (Å²) >= 11 is 1.16. The van der Waals surface area contributed by atoms with Crippen molar-refractivity contribution in [2.75, 3.05) is 11.5 Å². The van der Waals surface area contributed by atoms with Crippen LogP contribution in [-0.2, 0) is 9.53 Å². The second kappa shape index (κ2) is 10.2. The molecule has 2 aliphatic rings. The van der Waals surface area contributed by atoms with E-state index in [0.717, 1.165) is 49.9 Å². The van der Waals surface area contributed by atoms with Gasteiger partial charge in [0.15, 0.2) is 0 Å². The molecule has 5 nitrogen and oxygen atoms in total. The molecule has 1 saturated heterocycles. The molecule has 1 amide bonds. The number of rotatable bonds is 6. The summed E-state index contributed by atoms with van der Waals surface area (Å²) in [4.78, 5) is 28.3. The average Bonchev–Trinajstić information content (AvgIpc) is 3.15. The lowest BCUT2D eigenvalue weighted by Crippen LogP contribution is -2.57. The topological polar surface area (TPSA) is 66.8 Å². The van der Waals surface area contributed by atoms with Crippen molar-refractivity contribution in [3.63, 3.8) is 0 Å². The van der Waals surface area contributed by atoms with Crippen molar-refractivity contribution in [2.24, 2.45) is 11.3 Å². The summed E-state index contributed by atoms with van der Waals surface area (Å²) < 4.78 is 6.05. The van der Waals surface area contributed by atoms with Gasteiger partial charge in [0, 0.05) is 5.41 Å². The van der Waals surface area contributed by atoms with E-state index in [-0.39, 0.29) is 22.2 Å². The Morgan fingerprint density at radius 1 is 1.29 bits per heavy atom. The van der Waals surface area contributed by atoms with Crippen molar-refractivity contribution in [1.29, 1.82) is 0 Å². The second-order valence-electron chi connectivity index (χ2n) is 9.77. The third-order valence-electron chi connectivity index (χ3n) is 6.05. The molecule has 6 heteroatoms. The Kier molecular flexibility index (Phi) is 7.82. The van der Waals surface area contributed by atoms with E-state index in [4.69, 9.17) is 4.74 Å². The first-order chi connectivity index (χ1) is 14.7. The number of nitrogens with zero attached hydrogens (tertiary/aromatic N) is 1. The zero-order valence-electron chi connectivity index (χ0n) is 19.2. The summed E-state index contributed by atoms with van der Waals surface area (Å²) in [6.45, 7) is 8.64. The first-order valence-electron chi connectivity index (χ1n) is 11.6. The molecule has 1 aliphatic carbocycles. The van der Waals surface area contributed by atoms with Crippen LogP contribution in [0.25, 0.3) is 0 Å². The SMILES string of the molecule is CCCCC1OC[C@@H](C2CCCCC2)N(c2cc(C#CC(C)(C)C)sc2C(=O)O)C1=O. The molecule has 1 saturated carbocycles. The van der Waals surface area contributed by atoms with Gasteiger partial charge in [-0.15, -0.1) is 11.3 Å². The van der Waals surface area contributed by atoms with Gasteiger partial charge in [0.05, 0.1) is 23.2 Å². The van der Waals surface area contributed by atoms with Gasteiger partial charge in [-0.05, 0) is 52.0 Å². The Morgan fingerprint density at radius 2 is 2.00 bits per heavy atom. The number of carbonyl (C=O) groups is 2. The number of hydrogen-bond acceptors (Lipinski definition) is 4. The van der Waals surface area contributed by atoms with Crippen molar-refractivity contribution in [3.8, 4) is 11.8 Å². The van der Waals surface area contributed by atoms with E-state index in [1.54, 1.807) is 4.90 Å². The van der Waals surface area contributed by atoms with Crippen molar-refractivity contribution >= 4 is 28.9 Å². The van der Waals surface area contributed by atoms with Gasteiger partial charge in [-0.1, -0.05) is 50.9 Å². The largest absolute Gasteiger partial charge is 0.477 e. The van der Waals surface area contributed by atoms with Crippen LogP contribution >= 0.6 is 11.3 Å². The predicted molar refractivity (Wildman–Crippen MR) is 125 cm³/mol. The molecular formula is C25H35NO4S. The maximum Gasteiger partial charge on any atom is 0.348 e. The molecule has 2 atom stereocenters. The second-order valence-corrected chi connectivity index (χ2v) is 10.8. The fraction of sp³-hybridized carbons (Fsp3) is 0.680. The normalized spacial score (nSPS) is 22.8. The van der Waals surface area contributed by atoms with E-state index in [0.29, 0.717) is 29.5 Å². The van der Waals surface area contributed by atoms with Gasteiger partial charge in [0.25, 0.3) is 5.91 Å². The number of aromatic carboxylic acids is 1. The molecule has 0 aromatic carbocycles. The number of anilines is 1. The van der Waals surface area contributed by atoms with Gasteiger partial charge in [0.1, 0.15) is 11.0 Å². The standard InChI is InChI=1S/C25H35NO4S/c1-5-6-12-21-23(27)26(20(16-30-21)17-10-8-7-9-11-17)19-15-18(13-14-25(2,3)4)31-22(19)24(28)29/h15,17,20-21H,5-12,16H2,1-4H3,(H,28,29)/t20-,21?/m0/s1. The minimum atomic E-state index is -1.00. The molecule has 1 aromatic rings.